The van der Waals surface area contributed by atoms with Crippen LogP contribution in [0.3, 0.4) is 0 Å². The van der Waals surface area contributed by atoms with Gasteiger partial charge in [-0.2, -0.15) is 0 Å². The number of ether oxygens (including phenoxy) is 1. The van der Waals surface area contributed by atoms with E-state index in [1.54, 1.807) is 0 Å². The molecule has 0 N–H and O–H groups in total. The predicted octanol–water partition coefficient (Wildman–Crippen LogP) is 1.94. The fourth-order valence-electron chi connectivity index (χ4n) is 2.58. The highest BCUT2D eigenvalue weighted by atomic mass is 127. The van der Waals surface area contributed by atoms with Crippen molar-refractivity contribution in [3.8, 4) is 5.75 Å². The van der Waals surface area contributed by atoms with E-state index in [9.17, 15) is 4.79 Å². The first kappa shape index (κ1) is 10.5. The Morgan fingerprint density at radius 1 is 1.44 bits per heavy atom. The zero-order valence-corrected chi connectivity index (χ0v) is 11.2. The summed E-state index contributed by atoms with van der Waals surface area (Å²) >= 11 is 2.22. The highest BCUT2D eigenvalue weighted by Gasteiger charge is 2.48. The van der Waals surface area contributed by atoms with Crippen LogP contribution in [0.15, 0.2) is 18.2 Å². The highest BCUT2D eigenvalue weighted by molar-refractivity contribution is 14.1. The first-order chi connectivity index (χ1) is 7.58. The van der Waals surface area contributed by atoms with E-state index in [0.29, 0.717) is 6.42 Å². The number of benzene rings is 1. The third-order valence-corrected chi connectivity index (χ3v) is 3.84. The van der Waals surface area contributed by atoms with Crippen molar-refractivity contribution >= 4 is 28.4 Å². The van der Waals surface area contributed by atoms with Gasteiger partial charge in [-0.3, -0.25) is 9.69 Å². The van der Waals surface area contributed by atoms with E-state index >= 15 is 0 Å². The Hall–Kier alpha value is -0.620. The van der Waals surface area contributed by atoms with Crippen LogP contribution in [0.25, 0.3) is 0 Å². The van der Waals surface area contributed by atoms with E-state index in [2.05, 4.69) is 27.5 Å². The van der Waals surface area contributed by atoms with Gasteiger partial charge in [-0.05, 0) is 47.8 Å². The highest BCUT2D eigenvalue weighted by Crippen LogP contribution is 2.38. The Bertz CT molecular complexity index is 466. The van der Waals surface area contributed by atoms with Crippen LogP contribution in [0.5, 0.6) is 5.75 Å². The van der Waals surface area contributed by atoms with Crippen LogP contribution in [-0.2, 0) is 0 Å². The molecule has 16 heavy (non-hydrogen) atoms. The van der Waals surface area contributed by atoms with Crippen molar-refractivity contribution in [2.45, 2.75) is 12.0 Å². The second-order valence-electron chi connectivity index (χ2n) is 4.70. The van der Waals surface area contributed by atoms with Gasteiger partial charge in [-0.15, -0.1) is 0 Å². The van der Waals surface area contributed by atoms with Gasteiger partial charge in [0.1, 0.15) is 11.4 Å². The second-order valence-corrected chi connectivity index (χ2v) is 5.94. The third-order valence-electron chi connectivity index (χ3n) is 3.17. The molecule has 1 fully saturated rings. The Morgan fingerprint density at radius 3 is 2.88 bits per heavy atom. The molecule has 2 heterocycles. The molecule has 3 nitrogen and oxygen atoms in total. The molecule has 0 aliphatic carbocycles. The molecule has 1 aromatic carbocycles. The molecule has 0 aromatic heterocycles. The molecule has 0 atom stereocenters. The zero-order valence-electron chi connectivity index (χ0n) is 9.00. The fourth-order valence-corrected chi connectivity index (χ4v) is 3.07. The number of hydrogen-bond donors (Lipinski definition) is 0. The smallest absolute Gasteiger partial charge is 0.170 e. The molecule has 4 heteroatoms. The van der Waals surface area contributed by atoms with Crippen molar-refractivity contribution < 1.29 is 9.53 Å². The summed E-state index contributed by atoms with van der Waals surface area (Å²) in [5.74, 6) is 0.970. The maximum absolute atomic E-state index is 12.1. The normalized spacial score (nSPS) is 22.5. The molecule has 2 aliphatic heterocycles. The summed E-state index contributed by atoms with van der Waals surface area (Å²) in [6.45, 7) is 1.70. The van der Waals surface area contributed by atoms with Crippen LogP contribution < -0.4 is 4.74 Å². The molecular formula is C12H12INO2. The number of likely N-dealkylation sites (N-methyl/N-ethyl adjacent to an activating group) is 1. The molecule has 0 unspecified atom stereocenters. The first-order valence-electron chi connectivity index (χ1n) is 5.28. The van der Waals surface area contributed by atoms with E-state index < -0.39 is 0 Å². The van der Waals surface area contributed by atoms with Crippen LogP contribution in [-0.4, -0.2) is 36.4 Å². The van der Waals surface area contributed by atoms with Gasteiger partial charge in [0.25, 0.3) is 0 Å². The Morgan fingerprint density at radius 2 is 2.19 bits per heavy atom. The molecule has 0 radical (unpaired) electrons. The average Bonchev–Trinajstić information content (AvgIpc) is 2.17. The van der Waals surface area contributed by atoms with Crippen LogP contribution in [0.1, 0.15) is 16.8 Å². The summed E-state index contributed by atoms with van der Waals surface area (Å²) < 4.78 is 7.06. The van der Waals surface area contributed by atoms with Gasteiger partial charge in [0, 0.05) is 16.7 Å². The molecule has 2 aliphatic rings. The van der Waals surface area contributed by atoms with E-state index in [1.807, 2.05) is 25.2 Å². The predicted molar refractivity (Wildman–Crippen MR) is 69.0 cm³/mol. The monoisotopic (exact) mass is 329 g/mol. The fraction of sp³-hybridized carbons (Fsp3) is 0.417. The summed E-state index contributed by atoms with van der Waals surface area (Å²) in [6.07, 6.45) is 0.518. The Balaban J connectivity index is 1.98. The second kappa shape index (κ2) is 3.43. The summed E-state index contributed by atoms with van der Waals surface area (Å²) in [4.78, 5) is 14.2. The minimum Gasteiger partial charge on any atom is -0.483 e. The van der Waals surface area contributed by atoms with E-state index in [-0.39, 0.29) is 11.4 Å². The Kier molecular flexibility index (Phi) is 2.26. The number of likely N-dealkylation sites (tertiary alicyclic amines) is 1. The molecule has 0 bridgehead atoms. The minimum atomic E-state index is -0.244. The van der Waals surface area contributed by atoms with E-state index in [0.717, 1.165) is 28.0 Å². The third kappa shape index (κ3) is 1.55. The minimum absolute atomic E-state index is 0.216. The van der Waals surface area contributed by atoms with Crippen LogP contribution in [0.2, 0.25) is 0 Å². The van der Waals surface area contributed by atoms with Gasteiger partial charge in [0.15, 0.2) is 5.78 Å². The lowest BCUT2D eigenvalue weighted by Crippen LogP contribution is -2.65. The largest absolute Gasteiger partial charge is 0.483 e. The zero-order chi connectivity index (χ0) is 11.3. The molecule has 1 saturated heterocycles. The van der Waals surface area contributed by atoms with E-state index in [1.165, 1.54) is 0 Å². The van der Waals surface area contributed by atoms with Crippen LogP contribution in [0.4, 0.5) is 0 Å². The quantitative estimate of drug-likeness (QED) is 0.682. The van der Waals surface area contributed by atoms with Crippen molar-refractivity contribution in [2.75, 3.05) is 20.1 Å². The summed E-state index contributed by atoms with van der Waals surface area (Å²) in [6, 6.07) is 5.80. The number of Topliss-reactive ketones (excluding diaryl/α,β-unsaturated/α-hetero) is 1. The number of carbonyl (C=O) groups excluding carboxylic acids is 1. The summed E-state index contributed by atoms with van der Waals surface area (Å²) in [5.41, 5.74) is 0.498. The number of carbonyl (C=O) groups is 1. The summed E-state index contributed by atoms with van der Waals surface area (Å²) in [7, 11) is 2.04. The number of hydrogen-bond acceptors (Lipinski definition) is 3. The molecule has 1 aromatic rings. The number of fused-ring (bicyclic) bond motifs is 1. The van der Waals surface area contributed by atoms with Gasteiger partial charge in [0.2, 0.25) is 0 Å². The lowest BCUT2D eigenvalue weighted by molar-refractivity contribution is -0.0689. The standard InChI is InChI=1S/C12H12INO2/c1-14-6-12(7-14)5-10(15)9-4-8(13)2-3-11(9)16-12/h2-4H,5-7H2,1H3. The average molecular weight is 329 g/mol. The molecule has 84 valence electrons. The van der Waals surface area contributed by atoms with Crippen molar-refractivity contribution in [3.05, 3.63) is 27.3 Å². The number of halogens is 1. The van der Waals surface area contributed by atoms with Gasteiger partial charge in [-0.25, -0.2) is 0 Å². The van der Waals surface area contributed by atoms with Crippen molar-refractivity contribution in [3.63, 3.8) is 0 Å². The molecule has 0 saturated carbocycles. The maximum Gasteiger partial charge on any atom is 0.170 e. The number of rotatable bonds is 0. The number of ketones is 1. The van der Waals surface area contributed by atoms with Gasteiger partial charge in [-0.1, -0.05) is 0 Å². The lowest BCUT2D eigenvalue weighted by Gasteiger charge is -2.49. The molecule has 1 spiro atoms. The van der Waals surface area contributed by atoms with Crippen LogP contribution in [0, 0.1) is 3.57 Å². The van der Waals surface area contributed by atoms with Crippen molar-refractivity contribution in [2.24, 2.45) is 0 Å². The molecular weight excluding hydrogens is 317 g/mol. The van der Waals surface area contributed by atoms with Gasteiger partial charge >= 0.3 is 0 Å². The van der Waals surface area contributed by atoms with Gasteiger partial charge in [0.05, 0.1) is 12.0 Å². The summed E-state index contributed by atoms with van der Waals surface area (Å²) in [5, 5.41) is 0. The molecule has 3 rings (SSSR count). The topological polar surface area (TPSA) is 29.5 Å². The van der Waals surface area contributed by atoms with E-state index in [4.69, 9.17) is 4.74 Å². The number of nitrogens with zero attached hydrogens (tertiary/aromatic N) is 1. The molecule has 0 amide bonds. The van der Waals surface area contributed by atoms with Gasteiger partial charge < -0.3 is 4.74 Å². The van der Waals surface area contributed by atoms with Crippen molar-refractivity contribution in [1.82, 2.24) is 4.90 Å². The first-order valence-corrected chi connectivity index (χ1v) is 6.36. The maximum atomic E-state index is 12.1. The van der Waals surface area contributed by atoms with Crippen LogP contribution >= 0.6 is 22.6 Å². The SMILES string of the molecule is CN1CC2(CC(=O)c3cc(I)ccc3O2)C1. The lowest BCUT2D eigenvalue weighted by atomic mass is 9.84. The Labute approximate surface area is 108 Å². The van der Waals surface area contributed by atoms with Crippen molar-refractivity contribution in [1.29, 1.82) is 0 Å².